The molecule has 1 fully saturated rings. The molecule has 2 heterocycles. The lowest BCUT2D eigenvalue weighted by molar-refractivity contribution is 0.0924. The minimum absolute atomic E-state index is 0.124. The van der Waals surface area contributed by atoms with E-state index in [2.05, 4.69) is 5.32 Å². The fourth-order valence-electron chi connectivity index (χ4n) is 3.96. The second kappa shape index (κ2) is 8.62. The molecule has 7 heteroatoms. The Morgan fingerprint density at radius 1 is 1.13 bits per heavy atom. The largest absolute Gasteiger partial charge is 0.451 e. The maximum absolute atomic E-state index is 13.2. The molecule has 1 atom stereocenters. The van der Waals surface area contributed by atoms with Crippen LogP contribution in [0.15, 0.2) is 63.9 Å². The summed E-state index contributed by atoms with van der Waals surface area (Å²) >= 11 is 0. The van der Waals surface area contributed by atoms with Gasteiger partial charge in [0.15, 0.2) is 5.76 Å². The second-order valence-corrected chi connectivity index (χ2v) is 9.66. The van der Waals surface area contributed by atoms with E-state index in [4.69, 9.17) is 4.42 Å². The molecule has 0 spiro atoms. The first-order valence-electron chi connectivity index (χ1n) is 10.3. The number of aryl methyl sites for hydroxylation is 1. The fourth-order valence-corrected chi connectivity index (χ4v) is 5.68. The van der Waals surface area contributed by atoms with Crippen LogP contribution in [0.5, 0.6) is 0 Å². The normalized spacial score (nSPS) is 17.8. The highest BCUT2D eigenvalue weighted by atomic mass is 32.2. The van der Waals surface area contributed by atoms with Gasteiger partial charge in [-0.2, -0.15) is 4.31 Å². The number of para-hydroxylation sites is 1. The van der Waals surface area contributed by atoms with Crippen molar-refractivity contribution >= 4 is 26.9 Å². The van der Waals surface area contributed by atoms with E-state index in [-0.39, 0.29) is 17.7 Å². The number of carbonyl (C=O) groups excluding carboxylic acids is 1. The van der Waals surface area contributed by atoms with Crippen molar-refractivity contribution in [1.82, 2.24) is 9.62 Å². The number of benzene rings is 2. The molecule has 1 aromatic heterocycles. The van der Waals surface area contributed by atoms with Gasteiger partial charge in [0.05, 0.1) is 4.90 Å². The number of rotatable bonds is 6. The smallest absolute Gasteiger partial charge is 0.287 e. The topological polar surface area (TPSA) is 79.6 Å². The maximum Gasteiger partial charge on any atom is 0.287 e. The van der Waals surface area contributed by atoms with Crippen LogP contribution >= 0.6 is 0 Å². The molecule has 2 aromatic carbocycles. The van der Waals surface area contributed by atoms with Crippen LogP contribution in [0.1, 0.15) is 41.8 Å². The molecule has 0 saturated carbocycles. The summed E-state index contributed by atoms with van der Waals surface area (Å²) in [6.07, 6.45) is 3.21. The van der Waals surface area contributed by atoms with Crippen LogP contribution < -0.4 is 5.32 Å². The van der Waals surface area contributed by atoms with Gasteiger partial charge in [0.1, 0.15) is 5.58 Å². The van der Waals surface area contributed by atoms with Gasteiger partial charge in [-0.1, -0.05) is 42.3 Å². The Morgan fingerprint density at radius 3 is 2.67 bits per heavy atom. The average molecular weight is 427 g/mol. The molecule has 1 amide bonds. The number of hydrogen-bond donors (Lipinski definition) is 1. The number of fused-ring (bicyclic) bond motifs is 1. The Morgan fingerprint density at radius 2 is 1.90 bits per heavy atom. The SMILES string of the molecule is Cc1ccc(S(=O)(=O)N2CCCCC2CCNC(=O)c2cc3ccccc3o2)cc1. The summed E-state index contributed by atoms with van der Waals surface area (Å²) in [6.45, 7) is 2.84. The zero-order valence-corrected chi connectivity index (χ0v) is 17.8. The number of nitrogens with zero attached hydrogens (tertiary/aromatic N) is 1. The third kappa shape index (κ3) is 4.27. The lowest BCUT2D eigenvalue weighted by atomic mass is 10.0. The molecule has 30 heavy (non-hydrogen) atoms. The number of furan rings is 1. The maximum atomic E-state index is 13.2. The summed E-state index contributed by atoms with van der Waals surface area (Å²) in [5, 5.41) is 3.75. The van der Waals surface area contributed by atoms with Gasteiger partial charge in [-0.05, 0) is 50.5 Å². The zero-order valence-electron chi connectivity index (χ0n) is 17.0. The number of hydrogen-bond acceptors (Lipinski definition) is 4. The van der Waals surface area contributed by atoms with E-state index in [0.29, 0.717) is 30.0 Å². The van der Waals surface area contributed by atoms with Crippen molar-refractivity contribution in [3.05, 3.63) is 65.9 Å². The molecule has 158 valence electrons. The van der Waals surface area contributed by atoms with Gasteiger partial charge in [-0.15, -0.1) is 0 Å². The van der Waals surface area contributed by atoms with Gasteiger partial charge >= 0.3 is 0 Å². The Kier molecular flexibility index (Phi) is 5.92. The van der Waals surface area contributed by atoms with Crippen LogP contribution in [0, 0.1) is 6.92 Å². The third-order valence-electron chi connectivity index (χ3n) is 5.61. The minimum Gasteiger partial charge on any atom is -0.451 e. The van der Waals surface area contributed by atoms with Crippen LogP contribution in [-0.2, 0) is 10.0 Å². The summed E-state index contributed by atoms with van der Waals surface area (Å²) < 4.78 is 33.5. The number of nitrogens with one attached hydrogen (secondary N) is 1. The molecule has 3 aromatic rings. The molecule has 0 bridgehead atoms. The lowest BCUT2D eigenvalue weighted by Gasteiger charge is -2.34. The van der Waals surface area contributed by atoms with Crippen LogP contribution in [-0.4, -0.2) is 37.8 Å². The summed E-state index contributed by atoms with van der Waals surface area (Å²) in [6, 6.07) is 16.0. The summed E-state index contributed by atoms with van der Waals surface area (Å²) in [4.78, 5) is 12.8. The molecule has 0 aliphatic carbocycles. The Labute approximate surface area is 176 Å². The van der Waals surface area contributed by atoms with Crippen molar-refractivity contribution in [2.45, 2.75) is 43.5 Å². The summed E-state index contributed by atoms with van der Waals surface area (Å²) in [5.74, 6) is -0.0149. The number of sulfonamides is 1. The van der Waals surface area contributed by atoms with E-state index in [9.17, 15) is 13.2 Å². The first-order chi connectivity index (χ1) is 14.4. The van der Waals surface area contributed by atoms with E-state index >= 15 is 0 Å². The molecule has 1 aliphatic heterocycles. The Hall–Kier alpha value is -2.64. The van der Waals surface area contributed by atoms with Gasteiger partial charge in [-0.25, -0.2) is 8.42 Å². The standard InChI is InChI=1S/C23H26N2O4S/c1-17-9-11-20(12-10-17)30(27,28)25-15-5-4-7-19(25)13-14-24-23(26)22-16-18-6-2-3-8-21(18)29-22/h2-3,6,8-12,16,19H,4-5,7,13-15H2,1H3,(H,24,26). The van der Waals surface area contributed by atoms with Crippen molar-refractivity contribution in [1.29, 1.82) is 0 Å². The van der Waals surface area contributed by atoms with Crippen molar-refractivity contribution in [2.24, 2.45) is 0 Å². The number of amides is 1. The quantitative estimate of drug-likeness (QED) is 0.643. The molecular formula is C23H26N2O4S. The molecular weight excluding hydrogens is 400 g/mol. The van der Waals surface area contributed by atoms with E-state index in [1.165, 1.54) is 0 Å². The fraction of sp³-hybridized carbons (Fsp3) is 0.348. The molecule has 6 nitrogen and oxygen atoms in total. The number of carbonyl (C=O) groups is 1. The molecule has 1 saturated heterocycles. The first-order valence-corrected chi connectivity index (χ1v) is 11.7. The highest BCUT2D eigenvalue weighted by Gasteiger charge is 2.33. The molecule has 1 unspecified atom stereocenters. The lowest BCUT2D eigenvalue weighted by Crippen LogP contribution is -2.45. The van der Waals surface area contributed by atoms with Crippen molar-refractivity contribution < 1.29 is 17.6 Å². The van der Waals surface area contributed by atoms with E-state index < -0.39 is 10.0 Å². The Balaban J connectivity index is 1.41. The van der Waals surface area contributed by atoms with Gasteiger partial charge in [-0.3, -0.25) is 4.79 Å². The molecule has 4 rings (SSSR count). The predicted molar refractivity (Wildman–Crippen MR) is 116 cm³/mol. The second-order valence-electron chi connectivity index (χ2n) is 7.77. The van der Waals surface area contributed by atoms with Crippen LogP contribution in [0.3, 0.4) is 0 Å². The molecule has 1 aliphatic rings. The highest BCUT2D eigenvalue weighted by molar-refractivity contribution is 7.89. The van der Waals surface area contributed by atoms with Crippen LogP contribution in [0.4, 0.5) is 0 Å². The van der Waals surface area contributed by atoms with Crippen LogP contribution in [0.25, 0.3) is 11.0 Å². The zero-order chi connectivity index (χ0) is 21.1. The minimum atomic E-state index is -3.55. The van der Waals surface area contributed by atoms with Gasteiger partial charge in [0, 0.05) is 24.5 Å². The monoisotopic (exact) mass is 426 g/mol. The van der Waals surface area contributed by atoms with Crippen molar-refractivity contribution in [2.75, 3.05) is 13.1 Å². The van der Waals surface area contributed by atoms with Gasteiger partial charge in [0.25, 0.3) is 5.91 Å². The summed E-state index contributed by atoms with van der Waals surface area (Å²) in [5.41, 5.74) is 1.70. The van der Waals surface area contributed by atoms with E-state index in [1.807, 2.05) is 43.3 Å². The van der Waals surface area contributed by atoms with Gasteiger partial charge in [0.2, 0.25) is 10.0 Å². The van der Waals surface area contributed by atoms with Crippen LogP contribution in [0.2, 0.25) is 0 Å². The number of piperidine rings is 1. The van der Waals surface area contributed by atoms with Crippen molar-refractivity contribution in [3.63, 3.8) is 0 Å². The molecule has 0 radical (unpaired) electrons. The average Bonchev–Trinajstić information content (AvgIpc) is 3.19. The van der Waals surface area contributed by atoms with E-state index in [1.54, 1.807) is 22.5 Å². The van der Waals surface area contributed by atoms with E-state index in [0.717, 1.165) is 30.2 Å². The first kappa shape index (κ1) is 20.6. The van der Waals surface area contributed by atoms with Gasteiger partial charge < -0.3 is 9.73 Å². The predicted octanol–water partition coefficient (Wildman–Crippen LogP) is 4.10. The Bertz CT molecular complexity index is 1100. The summed E-state index contributed by atoms with van der Waals surface area (Å²) in [7, 11) is -3.55. The molecule has 1 N–H and O–H groups in total. The highest BCUT2D eigenvalue weighted by Crippen LogP contribution is 2.27. The van der Waals surface area contributed by atoms with Crippen molar-refractivity contribution in [3.8, 4) is 0 Å². The third-order valence-corrected chi connectivity index (χ3v) is 7.58.